The van der Waals surface area contributed by atoms with Crippen LogP contribution in [0.1, 0.15) is 5.56 Å². The lowest BCUT2D eigenvalue weighted by molar-refractivity contribution is -0.114. The van der Waals surface area contributed by atoms with Crippen LogP contribution in [0.15, 0.2) is 60.2 Å². The Morgan fingerprint density at radius 3 is 2.00 bits per heavy atom. The summed E-state index contributed by atoms with van der Waals surface area (Å²) in [5.74, 6) is -0.713. The van der Waals surface area contributed by atoms with E-state index in [1.54, 1.807) is 6.08 Å². The summed E-state index contributed by atoms with van der Waals surface area (Å²) in [5, 5.41) is 13.2. The minimum atomic E-state index is -0.713. The van der Waals surface area contributed by atoms with Crippen molar-refractivity contribution in [1.29, 1.82) is 5.26 Å². The number of hydrogen-bond acceptors (Lipinski definition) is 2. The number of hydrogen-bond donors (Lipinski definition) is 1. The van der Waals surface area contributed by atoms with Crippen LogP contribution in [0.3, 0.4) is 0 Å². The third-order valence-electron chi connectivity index (χ3n) is 3.49. The van der Waals surface area contributed by atoms with Crippen LogP contribution >= 0.6 is 0 Å². The maximum Gasteiger partial charge on any atom is 0.259 e. The maximum absolute atomic E-state index is 11.3. The van der Waals surface area contributed by atoms with E-state index in [2.05, 4.69) is 6.07 Å². The Labute approximate surface area is 121 Å². The standard InChI is InChI=1S/C18H12N2O/c19-11-14(18(20)21)10-17-15-7-3-1-5-12(15)9-13-6-2-4-8-16(13)17/h1-10H,(H2,20,21)/b14-10-. The van der Waals surface area contributed by atoms with Gasteiger partial charge in [-0.2, -0.15) is 5.26 Å². The quantitative estimate of drug-likeness (QED) is 0.441. The Morgan fingerprint density at radius 1 is 1.00 bits per heavy atom. The fraction of sp³-hybridized carbons (Fsp3) is 0. The summed E-state index contributed by atoms with van der Waals surface area (Å²) in [7, 11) is 0. The Hall–Kier alpha value is -3.12. The second-order valence-corrected chi connectivity index (χ2v) is 4.77. The Morgan fingerprint density at radius 2 is 1.52 bits per heavy atom. The molecule has 0 saturated heterocycles. The van der Waals surface area contributed by atoms with Gasteiger partial charge in [0.25, 0.3) is 5.91 Å². The van der Waals surface area contributed by atoms with E-state index in [-0.39, 0.29) is 5.57 Å². The molecular weight excluding hydrogens is 260 g/mol. The van der Waals surface area contributed by atoms with Crippen molar-refractivity contribution in [3.63, 3.8) is 0 Å². The summed E-state index contributed by atoms with van der Waals surface area (Å²) in [6.07, 6.45) is 1.58. The number of nitrogens with zero attached hydrogens (tertiary/aromatic N) is 1. The predicted octanol–water partition coefficient (Wildman–Crippen LogP) is 3.39. The third kappa shape index (κ3) is 2.24. The minimum absolute atomic E-state index is 0.0449. The molecule has 0 aromatic heterocycles. The second kappa shape index (κ2) is 5.10. The molecule has 0 heterocycles. The predicted molar refractivity (Wildman–Crippen MR) is 84.2 cm³/mol. The van der Waals surface area contributed by atoms with Crippen LogP contribution in [0.5, 0.6) is 0 Å². The molecule has 3 nitrogen and oxygen atoms in total. The number of amides is 1. The summed E-state index contributed by atoms with van der Waals surface area (Å²) in [5.41, 5.74) is 6.05. The summed E-state index contributed by atoms with van der Waals surface area (Å²) >= 11 is 0. The highest BCUT2D eigenvalue weighted by atomic mass is 16.1. The van der Waals surface area contributed by atoms with Crippen molar-refractivity contribution in [2.45, 2.75) is 0 Å². The number of fused-ring (bicyclic) bond motifs is 2. The van der Waals surface area contributed by atoms with E-state index in [0.29, 0.717) is 0 Å². The van der Waals surface area contributed by atoms with Gasteiger partial charge in [0.1, 0.15) is 11.6 Å². The van der Waals surface area contributed by atoms with Crippen molar-refractivity contribution in [3.8, 4) is 6.07 Å². The van der Waals surface area contributed by atoms with E-state index >= 15 is 0 Å². The van der Waals surface area contributed by atoms with Crippen molar-refractivity contribution in [3.05, 3.63) is 65.7 Å². The highest BCUT2D eigenvalue weighted by Crippen LogP contribution is 2.30. The van der Waals surface area contributed by atoms with Crippen LogP contribution in [-0.2, 0) is 4.79 Å². The third-order valence-corrected chi connectivity index (χ3v) is 3.49. The zero-order valence-corrected chi connectivity index (χ0v) is 11.2. The number of rotatable bonds is 2. The largest absolute Gasteiger partial charge is 0.365 e. The lowest BCUT2D eigenvalue weighted by Gasteiger charge is -2.08. The second-order valence-electron chi connectivity index (χ2n) is 4.77. The van der Waals surface area contributed by atoms with Gasteiger partial charge >= 0.3 is 0 Å². The number of carbonyl (C=O) groups is 1. The SMILES string of the molecule is N#C/C(=C/c1c2ccccc2cc2ccccc12)C(N)=O. The Balaban J connectivity index is 2.47. The molecule has 0 aliphatic rings. The van der Waals surface area contributed by atoms with E-state index in [4.69, 9.17) is 11.0 Å². The molecule has 21 heavy (non-hydrogen) atoms. The van der Waals surface area contributed by atoms with Gasteiger partial charge in [-0.05, 0) is 39.3 Å². The molecule has 0 aliphatic carbocycles. The summed E-state index contributed by atoms with van der Waals surface area (Å²) in [6.45, 7) is 0. The van der Waals surface area contributed by atoms with Crippen LogP contribution in [0, 0.1) is 11.3 Å². The van der Waals surface area contributed by atoms with Gasteiger partial charge in [-0.1, -0.05) is 48.5 Å². The number of carbonyl (C=O) groups excluding carboxylic acids is 1. The van der Waals surface area contributed by atoms with Crippen molar-refractivity contribution >= 4 is 33.5 Å². The first kappa shape index (κ1) is 12.9. The van der Waals surface area contributed by atoms with E-state index in [1.807, 2.05) is 54.6 Å². The van der Waals surface area contributed by atoms with Gasteiger partial charge in [-0.25, -0.2) is 0 Å². The Bertz CT molecular complexity index is 879. The fourth-order valence-electron chi connectivity index (χ4n) is 2.51. The highest BCUT2D eigenvalue weighted by Gasteiger charge is 2.09. The summed E-state index contributed by atoms with van der Waals surface area (Å²) < 4.78 is 0. The molecule has 3 heteroatoms. The van der Waals surface area contributed by atoms with Gasteiger partial charge in [0.05, 0.1) is 0 Å². The maximum atomic E-state index is 11.3. The number of nitriles is 1. The molecule has 0 saturated carbocycles. The first-order valence-electron chi connectivity index (χ1n) is 6.53. The van der Waals surface area contributed by atoms with Gasteiger partial charge in [-0.15, -0.1) is 0 Å². The summed E-state index contributed by atoms with van der Waals surface area (Å²) in [6, 6.07) is 19.7. The van der Waals surface area contributed by atoms with Crippen LogP contribution in [0.25, 0.3) is 27.6 Å². The normalized spacial score (nSPS) is 11.5. The summed E-state index contributed by atoms with van der Waals surface area (Å²) in [4.78, 5) is 11.3. The first-order valence-corrected chi connectivity index (χ1v) is 6.53. The smallest absolute Gasteiger partial charge is 0.259 e. The fourth-order valence-corrected chi connectivity index (χ4v) is 2.51. The van der Waals surface area contributed by atoms with Crippen LogP contribution in [-0.4, -0.2) is 5.91 Å². The average Bonchev–Trinajstić information content (AvgIpc) is 2.51. The van der Waals surface area contributed by atoms with Gasteiger partial charge in [0.2, 0.25) is 0 Å². The van der Waals surface area contributed by atoms with Crippen molar-refractivity contribution < 1.29 is 4.79 Å². The minimum Gasteiger partial charge on any atom is -0.365 e. The molecule has 100 valence electrons. The molecule has 0 fully saturated rings. The van der Waals surface area contributed by atoms with Gasteiger partial charge in [0.15, 0.2) is 0 Å². The zero-order chi connectivity index (χ0) is 14.8. The molecular formula is C18H12N2O. The van der Waals surface area contributed by atoms with E-state index in [9.17, 15) is 4.79 Å². The van der Waals surface area contributed by atoms with E-state index in [1.165, 1.54) is 0 Å². The van der Waals surface area contributed by atoms with Crippen molar-refractivity contribution in [2.75, 3.05) is 0 Å². The van der Waals surface area contributed by atoms with Gasteiger partial charge in [0, 0.05) is 0 Å². The molecule has 1 amide bonds. The highest BCUT2D eigenvalue weighted by molar-refractivity contribution is 6.10. The monoisotopic (exact) mass is 272 g/mol. The van der Waals surface area contributed by atoms with Crippen LogP contribution in [0.4, 0.5) is 0 Å². The molecule has 3 aromatic rings. The average molecular weight is 272 g/mol. The van der Waals surface area contributed by atoms with Crippen LogP contribution in [0.2, 0.25) is 0 Å². The lowest BCUT2D eigenvalue weighted by atomic mass is 9.95. The molecule has 0 aliphatic heterocycles. The van der Waals surface area contributed by atoms with Gasteiger partial charge < -0.3 is 5.73 Å². The Kier molecular flexibility index (Phi) is 3.13. The van der Waals surface area contributed by atoms with E-state index in [0.717, 1.165) is 27.1 Å². The molecule has 0 radical (unpaired) electrons. The van der Waals surface area contributed by atoms with Crippen molar-refractivity contribution in [2.24, 2.45) is 5.73 Å². The zero-order valence-electron chi connectivity index (χ0n) is 11.2. The molecule has 3 rings (SSSR count). The van der Waals surface area contributed by atoms with Crippen molar-refractivity contribution in [1.82, 2.24) is 0 Å². The molecule has 0 spiro atoms. The molecule has 0 unspecified atom stereocenters. The van der Waals surface area contributed by atoms with E-state index < -0.39 is 5.91 Å². The first-order chi connectivity index (χ1) is 10.2. The van der Waals surface area contributed by atoms with Crippen LogP contribution < -0.4 is 5.73 Å². The molecule has 0 atom stereocenters. The lowest BCUT2D eigenvalue weighted by Crippen LogP contribution is -2.12. The molecule has 3 aromatic carbocycles. The number of nitrogens with two attached hydrogens (primary N) is 1. The number of benzene rings is 3. The number of primary amides is 1. The molecule has 2 N–H and O–H groups in total. The molecule has 0 bridgehead atoms. The van der Waals surface area contributed by atoms with Gasteiger partial charge in [-0.3, -0.25) is 4.79 Å². The topological polar surface area (TPSA) is 66.9 Å².